The maximum Gasteiger partial charge on any atom is 0.410 e. The lowest BCUT2D eigenvalue weighted by molar-refractivity contribution is -0.127. The lowest BCUT2D eigenvalue weighted by Crippen LogP contribution is -2.44. The molecule has 1 fully saturated rings. The van der Waals surface area contributed by atoms with E-state index in [-0.39, 0.29) is 12.0 Å². The molecule has 130 valence electrons. The van der Waals surface area contributed by atoms with Crippen molar-refractivity contribution < 1.29 is 14.3 Å². The molecule has 1 saturated heterocycles. The van der Waals surface area contributed by atoms with Crippen LogP contribution < -0.4 is 0 Å². The summed E-state index contributed by atoms with van der Waals surface area (Å²) in [7, 11) is 1.75. The molecule has 2 amide bonds. The van der Waals surface area contributed by atoms with Crippen molar-refractivity contribution in [3.63, 3.8) is 0 Å². The van der Waals surface area contributed by atoms with Crippen LogP contribution in [0.2, 0.25) is 0 Å². The smallest absolute Gasteiger partial charge is 0.410 e. The van der Waals surface area contributed by atoms with Gasteiger partial charge in [-0.3, -0.25) is 4.79 Å². The van der Waals surface area contributed by atoms with E-state index in [0.29, 0.717) is 19.0 Å². The van der Waals surface area contributed by atoms with Gasteiger partial charge in [-0.1, -0.05) is 18.2 Å². The highest BCUT2D eigenvalue weighted by Gasteiger charge is 2.26. The zero-order valence-corrected chi connectivity index (χ0v) is 15.0. The Labute approximate surface area is 140 Å². The lowest BCUT2D eigenvalue weighted by Gasteiger charge is -2.34. The predicted molar refractivity (Wildman–Crippen MR) is 92.1 cm³/mol. The molecule has 0 radical (unpaired) electrons. The van der Waals surface area contributed by atoms with Crippen molar-refractivity contribution in [2.24, 2.45) is 5.92 Å². The topological polar surface area (TPSA) is 49.9 Å². The number of carbonyl (C=O) groups is 2. The van der Waals surface area contributed by atoms with Gasteiger partial charge in [0.25, 0.3) is 0 Å². The summed E-state index contributed by atoms with van der Waals surface area (Å²) >= 11 is 0. The summed E-state index contributed by atoms with van der Waals surface area (Å²) in [5.74, 6) is 0.327. The summed E-state index contributed by atoms with van der Waals surface area (Å²) in [6.07, 6.45) is 8.77. The summed E-state index contributed by atoms with van der Waals surface area (Å²) in [6, 6.07) is 0. The fourth-order valence-corrected chi connectivity index (χ4v) is 2.57. The minimum absolute atomic E-state index is 0.0349. The van der Waals surface area contributed by atoms with E-state index in [2.05, 4.69) is 0 Å². The molecule has 0 spiro atoms. The molecule has 1 aliphatic heterocycles. The Kier molecular flexibility index (Phi) is 7.33. The molecule has 23 heavy (non-hydrogen) atoms. The average molecular weight is 322 g/mol. The van der Waals surface area contributed by atoms with Crippen molar-refractivity contribution in [3.05, 3.63) is 24.3 Å². The third-order valence-electron chi connectivity index (χ3n) is 3.61. The van der Waals surface area contributed by atoms with Gasteiger partial charge in [0.05, 0.1) is 0 Å². The van der Waals surface area contributed by atoms with Crippen molar-refractivity contribution >= 4 is 12.0 Å². The molecule has 0 aromatic carbocycles. The molecule has 0 saturated carbocycles. The zero-order chi connectivity index (χ0) is 17.5. The number of nitrogens with zero attached hydrogens (tertiary/aromatic N) is 2. The Hall–Kier alpha value is -1.78. The number of amides is 2. The maximum absolute atomic E-state index is 12.1. The van der Waals surface area contributed by atoms with E-state index in [4.69, 9.17) is 4.74 Å². The van der Waals surface area contributed by atoms with Gasteiger partial charge in [-0.2, -0.15) is 0 Å². The zero-order valence-electron chi connectivity index (χ0n) is 15.0. The van der Waals surface area contributed by atoms with E-state index in [1.54, 1.807) is 24.1 Å². The van der Waals surface area contributed by atoms with Crippen molar-refractivity contribution in [1.82, 2.24) is 9.80 Å². The minimum atomic E-state index is -0.489. The Morgan fingerprint density at radius 3 is 2.61 bits per heavy atom. The molecule has 5 nitrogen and oxygen atoms in total. The molecule has 0 aliphatic carbocycles. The Bertz CT molecular complexity index is 463. The first-order valence-corrected chi connectivity index (χ1v) is 8.25. The number of hydrogen-bond acceptors (Lipinski definition) is 3. The maximum atomic E-state index is 12.1. The second kappa shape index (κ2) is 8.75. The van der Waals surface area contributed by atoms with Gasteiger partial charge in [0.1, 0.15) is 5.60 Å². The summed E-state index contributed by atoms with van der Waals surface area (Å²) in [4.78, 5) is 27.6. The summed E-state index contributed by atoms with van der Waals surface area (Å²) < 4.78 is 5.37. The molecular formula is C18H30N2O3. The first kappa shape index (κ1) is 19.3. The third kappa shape index (κ3) is 7.35. The van der Waals surface area contributed by atoms with Crippen molar-refractivity contribution in [3.8, 4) is 0 Å². The van der Waals surface area contributed by atoms with E-state index in [9.17, 15) is 9.59 Å². The van der Waals surface area contributed by atoms with Crippen molar-refractivity contribution in [1.29, 1.82) is 0 Å². The summed E-state index contributed by atoms with van der Waals surface area (Å²) in [5.41, 5.74) is -0.489. The van der Waals surface area contributed by atoms with E-state index in [1.807, 2.05) is 44.7 Å². The first-order valence-electron chi connectivity index (χ1n) is 8.25. The van der Waals surface area contributed by atoms with Gasteiger partial charge in [-0.05, 0) is 46.5 Å². The SMILES string of the molecule is C/C=C/C=C/C(=O)N1CCCC(CN(C)C(=O)OC(C)(C)C)C1. The summed E-state index contributed by atoms with van der Waals surface area (Å²) in [6.45, 7) is 9.57. The van der Waals surface area contributed by atoms with Crippen LogP contribution in [-0.2, 0) is 9.53 Å². The standard InChI is InChI=1S/C18H30N2O3/c1-6-7-8-11-16(21)20-12-9-10-15(14-20)13-19(5)17(22)23-18(2,3)4/h6-8,11,15H,9-10,12-14H2,1-5H3/b7-6+,11-8+. The number of ether oxygens (including phenoxy) is 1. The molecule has 1 rings (SSSR count). The van der Waals surface area contributed by atoms with E-state index in [0.717, 1.165) is 19.4 Å². The van der Waals surface area contributed by atoms with Crippen molar-refractivity contribution in [2.45, 2.75) is 46.1 Å². The fraction of sp³-hybridized carbons (Fsp3) is 0.667. The van der Waals surface area contributed by atoms with Crippen LogP contribution in [0.3, 0.4) is 0 Å². The molecule has 0 aromatic rings. The molecular weight excluding hydrogens is 292 g/mol. The number of piperidine rings is 1. The molecule has 1 atom stereocenters. The number of carbonyl (C=O) groups excluding carboxylic acids is 2. The molecule has 1 unspecified atom stereocenters. The largest absolute Gasteiger partial charge is 0.444 e. The van der Waals surface area contributed by atoms with Crippen LogP contribution >= 0.6 is 0 Å². The van der Waals surface area contributed by atoms with Crippen LogP contribution in [0, 0.1) is 5.92 Å². The number of rotatable bonds is 4. The van der Waals surface area contributed by atoms with Gasteiger partial charge in [0.15, 0.2) is 0 Å². The summed E-state index contributed by atoms with van der Waals surface area (Å²) in [5, 5.41) is 0. The van der Waals surface area contributed by atoms with E-state index < -0.39 is 5.60 Å². The van der Waals surface area contributed by atoms with Crippen LogP contribution in [0.1, 0.15) is 40.5 Å². The molecule has 0 aromatic heterocycles. The lowest BCUT2D eigenvalue weighted by atomic mass is 9.97. The monoisotopic (exact) mass is 322 g/mol. The molecule has 0 N–H and O–H groups in total. The number of likely N-dealkylation sites (tertiary alicyclic amines) is 1. The van der Waals surface area contributed by atoms with Gasteiger partial charge in [0, 0.05) is 32.8 Å². The van der Waals surface area contributed by atoms with Crippen LogP contribution in [0.15, 0.2) is 24.3 Å². The van der Waals surface area contributed by atoms with Gasteiger partial charge < -0.3 is 14.5 Å². The minimum Gasteiger partial charge on any atom is -0.444 e. The number of allylic oxidation sites excluding steroid dienone is 3. The highest BCUT2D eigenvalue weighted by atomic mass is 16.6. The molecule has 1 aliphatic rings. The highest BCUT2D eigenvalue weighted by Crippen LogP contribution is 2.19. The molecule has 5 heteroatoms. The van der Waals surface area contributed by atoms with Crippen LogP contribution in [-0.4, -0.2) is 54.1 Å². The van der Waals surface area contributed by atoms with Gasteiger partial charge in [-0.25, -0.2) is 4.79 Å². The molecule has 1 heterocycles. The van der Waals surface area contributed by atoms with Crippen LogP contribution in [0.4, 0.5) is 4.79 Å². The van der Waals surface area contributed by atoms with Crippen LogP contribution in [0.25, 0.3) is 0 Å². The number of hydrogen-bond donors (Lipinski definition) is 0. The quantitative estimate of drug-likeness (QED) is 0.590. The Balaban J connectivity index is 2.52. The fourth-order valence-electron chi connectivity index (χ4n) is 2.57. The van der Waals surface area contributed by atoms with Gasteiger partial charge in [0.2, 0.25) is 5.91 Å². The third-order valence-corrected chi connectivity index (χ3v) is 3.61. The van der Waals surface area contributed by atoms with E-state index in [1.165, 1.54) is 0 Å². The molecule has 0 bridgehead atoms. The van der Waals surface area contributed by atoms with Gasteiger partial charge >= 0.3 is 6.09 Å². The predicted octanol–water partition coefficient (Wildman–Crippen LogP) is 3.22. The average Bonchev–Trinajstić information content (AvgIpc) is 2.46. The van der Waals surface area contributed by atoms with Crippen LogP contribution in [0.5, 0.6) is 0 Å². The van der Waals surface area contributed by atoms with Gasteiger partial charge in [-0.15, -0.1) is 0 Å². The normalized spacial score (nSPS) is 19.3. The second-order valence-electron chi connectivity index (χ2n) is 7.04. The second-order valence-corrected chi connectivity index (χ2v) is 7.04. The Morgan fingerprint density at radius 2 is 2.00 bits per heavy atom. The van der Waals surface area contributed by atoms with Crippen molar-refractivity contribution in [2.75, 3.05) is 26.7 Å². The highest BCUT2D eigenvalue weighted by molar-refractivity contribution is 5.87. The van der Waals surface area contributed by atoms with E-state index >= 15 is 0 Å². The Morgan fingerprint density at radius 1 is 1.30 bits per heavy atom. The first-order chi connectivity index (χ1) is 10.7.